The molecule has 1 aliphatic rings. The Morgan fingerprint density at radius 1 is 1.19 bits per heavy atom. The van der Waals surface area contributed by atoms with Crippen molar-refractivity contribution in [3.63, 3.8) is 0 Å². The van der Waals surface area contributed by atoms with Gasteiger partial charge in [-0.1, -0.05) is 36.8 Å². The molecule has 2 rings (SSSR count). The highest BCUT2D eigenvalue weighted by Gasteiger charge is 2.24. The number of carbonyl (C=O) groups excluding carboxylic acids is 1. The van der Waals surface area contributed by atoms with Gasteiger partial charge < -0.3 is 21.1 Å². The van der Waals surface area contributed by atoms with E-state index in [4.69, 9.17) is 0 Å². The third-order valence-corrected chi connectivity index (χ3v) is 4.65. The number of hydrogen-bond acceptors (Lipinski definition) is 3. The molecular weight excluding hydrogens is 443 g/mol. The van der Waals surface area contributed by atoms with E-state index in [9.17, 15) is 9.90 Å². The van der Waals surface area contributed by atoms with E-state index in [1.807, 2.05) is 30.3 Å². The van der Waals surface area contributed by atoms with Gasteiger partial charge in [-0.3, -0.25) is 9.79 Å². The predicted octanol–water partition coefficient (Wildman–Crippen LogP) is 1.85. The van der Waals surface area contributed by atoms with Crippen LogP contribution in [0.4, 0.5) is 0 Å². The van der Waals surface area contributed by atoms with Gasteiger partial charge in [0.2, 0.25) is 5.91 Å². The molecule has 1 atom stereocenters. The Bertz CT molecular complexity index is 550. The number of halogens is 1. The number of nitrogens with one attached hydrogen (secondary N) is 3. The van der Waals surface area contributed by atoms with Gasteiger partial charge in [-0.25, -0.2) is 0 Å². The van der Waals surface area contributed by atoms with Gasteiger partial charge in [0, 0.05) is 38.5 Å². The van der Waals surface area contributed by atoms with Gasteiger partial charge in [0.15, 0.2) is 5.96 Å². The standard InChI is InChI=1S/C19H30N4O2.HI/c1-20-19(22-12-6-11-21-18(25)16-9-5-10-16)23-13-17(14-24)15-7-3-2-4-8-15;/h2-4,7-8,16-17,24H,5-6,9-14H2,1H3,(H,21,25)(H2,20,22,23);1H. The lowest BCUT2D eigenvalue weighted by molar-refractivity contribution is -0.127. The molecule has 1 amide bonds. The first-order valence-electron chi connectivity index (χ1n) is 9.12. The minimum absolute atomic E-state index is 0. The van der Waals surface area contributed by atoms with Crippen LogP contribution in [-0.4, -0.2) is 50.3 Å². The van der Waals surface area contributed by atoms with Crippen LogP contribution in [0.1, 0.15) is 37.2 Å². The van der Waals surface area contributed by atoms with Crippen LogP contribution in [0.5, 0.6) is 0 Å². The molecule has 0 heterocycles. The number of carbonyl (C=O) groups is 1. The normalized spacial score (nSPS) is 15.4. The number of benzene rings is 1. The average molecular weight is 474 g/mol. The summed E-state index contributed by atoms with van der Waals surface area (Å²) in [7, 11) is 1.73. The topological polar surface area (TPSA) is 85.8 Å². The van der Waals surface area contributed by atoms with Gasteiger partial charge in [0.05, 0.1) is 6.61 Å². The SMILES string of the molecule is CN=C(NCCCNC(=O)C1CCC1)NCC(CO)c1ccccc1.I. The van der Waals surface area contributed by atoms with Crippen LogP contribution in [0.2, 0.25) is 0 Å². The van der Waals surface area contributed by atoms with Gasteiger partial charge in [-0.05, 0) is 24.8 Å². The summed E-state index contributed by atoms with van der Waals surface area (Å²) in [4.78, 5) is 15.9. The van der Waals surface area contributed by atoms with Crippen LogP contribution in [0, 0.1) is 5.92 Å². The van der Waals surface area contributed by atoms with Crippen LogP contribution in [0.25, 0.3) is 0 Å². The Morgan fingerprint density at radius 2 is 1.88 bits per heavy atom. The molecule has 0 aromatic heterocycles. The Labute approximate surface area is 173 Å². The lowest BCUT2D eigenvalue weighted by atomic mass is 9.85. The highest BCUT2D eigenvalue weighted by atomic mass is 127. The molecule has 0 aliphatic heterocycles. The summed E-state index contributed by atoms with van der Waals surface area (Å²) < 4.78 is 0. The lowest BCUT2D eigenvalue weighted by Gasteiger charge is -2.24. The lowest BCUT2D eigenvalue weighted by Crippen LogP contribution is -2.41. The Kier molecular flexibility index (Phi) is 11.3. The van der Waals surface area contributed by atoms with Crippen LogP contribution in [0.3, 0.4) is 0 Å². The van der Waals surface area contributed by atoms with Crippen LogP contribution in [0.15, 0.2) is 35.3 Å². The third-order valence-electron chi connectivity index (χ3n) is 4.65. The first-order valence-corrected chi connectivity index (χ1v) is 9.12. The second kappa shape index (κ2) is 12.9. The number of hydrogen-bond donors (Lipinski definition) is 4. The van der Waals surface area contributed by atoms with Gasteiger partial charge >= 0.3 is 0 Å². The van der Waals surface area contributed by atoms with Crippen molar-refractivity contribution in [1.82, 2.24) is 16.0 Å². The molecule has 1 unspecified atom stereocenters. The number of nitrogens with zero attached hydrogens (tertiary/aromatic N) is 1. The molecule has 7 heteroatoms. The van der Waals surface area contributed by atoms with Gasteiger partial charge in [-0.15, -0.1) is 24.0 Å². The zero-order valence-corrected chi connectivity index (χ0v) is 17.7. The van der Waals surface area contributed by atoms with E-state index in [-0.39, 0.29) is 48.3 Å². The van der Waals surface area contributed by atoms with Crippen LogP contribution in [-0.2, 0) is 4.79 Å². The fraction of sp³-hybridized carbons (Fsp3) is 0.579. The van der Waals surface area contributed by atoms with Crippen molar-refractivity contribution in [2.75, 3.05) is 33.3 Å². The molecule has 6 nitrogen and oxygen atoms in total. The summed E-state index contributed by atoms with van der Waals surface area (Å²) in [5.74, 6) is 1.18. The highest BCUT2D eigenvalue weighted by Crippen LogP contribution is 2.25. The first kappa shape index (κ1) is 22.7. The summed E-state index contributed by atoms with van der Waals surface area (Å²) in [6.45, 7) is 2.11. The largest absolute Gasteiger partial charge is 0.396 e. The van der Waals surface area contributed by atoms with Gasteiger partial charge in [0.1, 0.15) is 0 Å². The number of guanidine groups is 1. The Hall–Kier alpha value is -1.35. The summed E-state index contributed by atoms with van der Waals surface area (Å²) >= 11 is 0. The van der Waals surface area contributed by atoms with E-state index >= 15 is 0 Å². The predicted molar refractivity (Wildman–Crippen MR) is 116 cm³/mol. The maximum atomic E-state index is 11.7. The summed E-state index contributed by atoms with van der Waals surface area (Å²) in [5.41, 5.74) is 1.10. The Balaban J connectivity index is 0.00000338. The summed E-state index contributed by atoms with van der Waals surface area (Å²) in [6.07, 6.45) is 4.10. The quantitative estimate of drug-likeness (QED) is 0.191. The third kappa shape index (κ3) is 7.49. The molecule has 1 saturated carbocycles. The van der Waals surface area contributed by atoms with E-state index in [1.165, 1.54) is 6.42 Å². The molecule has 1 aliphatic carbocycles. The minimum atomic E-state index is 0. The number of aliphatic hydroxyl groups is 1. The molecule has 0 saturated heterocycles. The fourth-order valence-electron chi connectivity index (χ4n) is 2.78. The molecule has 0 bridgehead atoms. The van der Waals surface area contributed by atoms with Crippen molar-refractivity contribution >= 4 is 35.8 Å². The smallest absolute Gasteiger partial charge is 0.223 e. The molecule has 1 fully saturated rings. The van der Waals surface area contributed by atoms with Crippen molar-refractivity contribution in [2.45, 2.75) is 31.6 Å². The number of aliphatic hydroxyl groups excluding tert-OH is 1. The zero-order valence-electron chi connectivity index (χ0n) is 15.4. The van der Waals surface area contributed by atoms with Crippen molar-refractivity contribution in [1.29, 1.82) is 0 Å². The first-order chi connectivity index (χ1) is 12.2. The van der Waals surface area contributed by atoms with E-state index in [1.54, 1.807) is 7.05 Å². The van der Waals surface area contributed by atoms with Crippen molar-refractivity contribution in [2.24, 2.45) is 10.9 Å². The number of amides is 1. The second-order valence-corrected chi connectivity index (χ2v) is 6.44. The van der Waals surface area contributed by atoms with Crippen LogP contribution >= 0.6 is 24.0 Å². The average Bonchev–Trinajstić information content (AvgIpc) is 2.59. The van der Waals surface area contributed by atoms with Gasteiger partial charge in [0.25, 0.3) is 0 Å². The van der Waals surface area contributed by atoms with Crippen molar-refractivity contribution in [3.05, 3.63) is 35.9 Å². The number of rotatable bonds is 9. The molecule has 0 spiro atoms. The summed E-state index contributed by atoms with van der Waals surface area (Å²) in [6, 6.07) is 9.95. The molecule has 1 aromatic rings. The molecule has 1 aromatic carbocycles. The molecule has 26 heavy (non-hydrogen) atoms. The zero-order chi connectivity index (χ0) is 17.9. The number of aliphatic imine (C=N–C) groups is 1. The van der Waals surface area contributed by atoms with Crippen molar-refractivity contribution in [3.8, 4) is 0 Å². The molecular formula is C19H31IN4O2. The molecule has 146 valence electrons. The van der Waals surface area contributed by atoms with E-state index < -0.39 is 0 Å². The minimum Gasteiger partial charge on any atom is -0.396 e. The van der Waals surface area contributed by atoms with E-state index in [2.05, 4.69) is 20.9 Å². The maximum Gasteiger partial charge on any atom is 0.223 e. The highest BCUT2D eigenvalue weighted by molar-refractivity contribution is 14.0. The summed E-state index contributed by atoms with van der Waals surface area (Å²) in [5, 5.41) is 19.1. The Morgan fingerprint density at radius 3 is 2.46 bits per heavy atom. The van der Waals surface area contributed by atoms with Crippen LogP contribution < -0.4 is 16.0 Å². The van der Waals surface area contributed by atoms with E-state index in [0.29, 0.717) is 19.0 Å². The molecule has 0 radical (unpaired) electrons. The second-order valence-electron chi connectivity index (χ2n) is 6.44. The van der Waals surface area contributed by atoms with Gasteiger partial charge in [-0.2, -0.15) is 0 Å². The van der Waals surface area contributed by atoms with Crippen molar-refractivity contribution < 1.29 is 9.90 Å². The maximum absolute atomic E-state index is 11.7. The van der Waals surface area contributed by atoms with E-state index in [0.717, 1.165) is 31.4 Å². The fourth-order valence-corrected chi connectivity index (χ4v) is 2.78. The molecule has 4 N–H and O–H groups in total. The monoisotopic (exact) mass is 474 g/mol.